The second-order valence-corrected chi connectivity index (χ2v) is 7.45. The van der Waals surface area contributed by atoms with Crippen LogP contribution >= 0.6 is 11.8 Å². The molecule has 0 aliphatic carbocycles. The van der Waals surface area contributed by atoms with Crippen molar-refractivity contribution in [2.24, 2.45) is 0 Å². The van der Waals surface area contributed by atoms with Crippen molar-refractivity contribution in [3.63, 3.8) is 0 Å². The van der Waals surface area contributed by atoms with Gasteiger partial charge in [0, 0.05) is 30.4 Å². The molecule has 0 aliphatic heterocycles. The zero-order chi connectivity index (χ0) is 15.3. The summed E-state index contributed by atoms with van der Waals surface area (Å²) < 4.78 is 29.7. The maximum atomic E-state index is 12.0. The molecule has 1 aromatic rings. The van der Waals surface area contributed by atoms with Crippen LogP contribution in [0.2, 0.25) is 0 Å². The molecule has 0 radical (unpaired) electrons. The topological polar surface area (TPSA) is 89.7 Å². The fraction of sp³-hybridized carbons (Fsp3) is 0.417. The Labute approximate surface area is 123 Å². The van der Waals surface area contributed by atoms with Gasteiger partial charge in [-0.1, -0.05) is 0 Å². The molecule has 0 fully saturated rings. The fourth-order valence-corrected chi connectivity index (χ4v) is 3.29. The summed E-state index contributed by atoms with van der Waals surface area (Å²) in [5.41, 5.74) is 6.30. The third-order valence-electron chi connectivity index (χ3n) is 2.56. The van der Waals surface area contributed by atoms with Gasteiger partial charge in [-0.25, -0.2) is 12.7 Å². The number of nitrogen functional groups attached to an aromatic ring is 1. The lowest BCUT2D eigenvalue weighted by atomic mass is 10.3. The number of hydrogen-bond donors (Lipinski definition) is 1. The number of carbonyl (C=O) groups excluding carboxylic acids is 1. The van der Waals surface area contributed by atoms with E-state index in [4.69, 9.17) is 5.73 Å². The van der Waals surface area contributed by atoms with Crippen LogP contribution in [0.1, 0.15) is 6.42 Å². The summed E-state index contributed by atoms with van der Waals surface area (Å²) >= 11 is 1.32. The molecular weight excluding hydrogens is 300 g/mol. The Balaban J connectivity index is 2.90. The molecule has 0 bridgehead atoms. The SMILES string of the molecule is COC(=O)CCSc1cc(S(=O)(=O)N(C)C)ccc1N. The molecule has 0 atom stereocenters. The third kappa shape index (κ3) is 4.12. The normalized spacial score (nSPS) is 11.6. The van der Waals surface area contributed by atoms with Crippen molar-refractivity contribution >= 4 is 33.4 Å². The highest BCUT2D eigenvalue weighted by atomic mass is 32.2. The van der Waals surface area contributed by atoms with Gasteiger partial charge in [0.05, 0.1) is 18.4 Å². The van der Waals surface area contributed by atoms with E-state index >= 15 is 0 Å². The molecule has 112 valence electrons. The maximum Gasteiger partial charge on any atom is 0.306 e. The van der Waals surface area contributed by atoms with E-state index in [9.17, 15) is 13.2 Å². The van der Waals surface area contributed by atoms with Crippen molar-refractivity contribution in [3.05, 3.63) is 18.2 Å². The van der Waals surface area contributed by atoms with Crippen LogP contribution in [0.3, 0.4) is 0 Å². The molecular formula is C12H18N2O4S2. The van der Waals surface area contributed by atoms with Crippen molar-refractivity contribution in [2.45, 2.75) is 16.2 Å². The van der Waals surface area contributed by atoms with Crippen LogP contribution < -0.4 is 5.73 Å². The standard InChI is InChI=1S/C12H18N2O4S2/c1-14(2)20(16,17)9-4-5-10(13)11(8-9)19-7-6-12(15)18-3/h4-5,8H,6-7,13H2,1-3H3. The third-order valence-corrected chi connectivity index (χ3v) is 5.44. The Bertz CT molecular complexity index is 585. The Morgan fingerprint density at radius 3 is 2.60 bits per heavy atom. The average molecular weight is 318 g/mol. The van der Waals surface area contributed by atoms with Crippen molar-refractivity contribution in [2.75, 3.05) is 32.7 Å². The smallest absolute Gasteiger partial charge is 0.306 e. The number of carbonyl (C=O) groups is 1. The molecule has 2 N–H and O–H groups in total. The summed E-state index contributed by atoms with van der Waals surface area (Å²) in [6.07, 6.45) is 0.241. The number of rotatable bonds is 6. The van der Waals surface area contributed by atoms with Crippen LogP contribution in [0.25, 0.3) is 0 Å². The van der Waals surface area contributed by atoms with Gasteiger partial charge in [0.25, 0.3) is 0 Å². The van der Waals surface area contributed by atoms with Crippen LogP contribution in [-0.4, -0.2) is 45.7 Å². The Morgan fingerprint density at radius 2 is 2.05 bits per heavy atom. The van der Waals surface area contributed by atoms with Gasteiger partial charge in [-0.2, -0.15) is 0 Å². The number of hydrogen-bond acceptors (Lipinski definition) is 6. The maximum absolute atomic E-state index is 12.0. The number of methoxy groups -OCH3 is 1. The first kappa shape index (κ1) is 16.8. The first-order chi connectivity index (χ1) is 9.28. The van der Waals surface area contributed by atoms with Crippen LogP contribution in [0.5, 0.6) is 0 Å². The predicted octanol–water partition coefficient (Wildman–Crippen LogP) is 1.17. The first-order valence-corrected chi connectivity index (χ1v) is 8.23. The highest BCUT2D eigenvalue weighted by Crippen LogP contribution is 2.29. The van der Waals surface area contributed by atoms with E-state index in [1.165, 1.54) is 45.1 Å². The van der Waals surface area contributed by atoms with E-state index in [-0.39, 0.29) is 17.3 Å². The summed E-state index contributed by atoms with van der Waals surface area (Å²) in [5, 5.41) is 0. The number of ether oxygens (including phenoxy) is 1. The van der Waals surface area contributed by atoms with Gasteiger partial charge >= 0.3 is 5.97 Å². The molecule has 0 saturated heterocycles. The Kier molecular flexibility index (Phi) is 5.85. The lowest BCUT2D eigenvalue weighted by molar-refractivity contribution is -0.140. The van der Waals surface area contributed by atoms with Crippen molar-refractivity contribution in [1.82, 2.24) is 4.31 Å². The quantitative estimate of drug-likeness (QED) is 0.481. The summed E-state index contributed by atoms with van der Waals surface area (Å²) in [6.45, 7) is 0. The van der Waals surface area contributed by atoms with Crippen LogP contribution in [0.15, 0.2) is 28.0 Å². The van der Waals surface area contributed by atoms with E-state index in [1.807, 2.05) is 0 Å². The summed E-state index contributed by atoms with van der Waals surface area (Å²) in [7, 11) is 0.772. The number of esters is 1. The summed E-state index contributed by atoms with van der Waals surface area (Å²) in [4.78, 5) is 11.8. The zero-order valence-electron chi connectivity index (χ0n) is 11.6. The molecule has 6 nitrogen and oxygen atoms in total. The van der Waals surface area contributed by atoms with E-state index < -0.39 is 10.0 Å². The minimum atomic E-state index is -3.49. The van der Waals surface area contributed by atoms with Crippen LogP contribution in [0.4, 0.5) is 5.69 Å². The molecule has 0 heterocycles. The van der Waals surface area contributed by atoms with Crippen molar-refractivity contribution < 1.29 is 17.9 Å². The van der Waals surface area contributed by atoms with E-state index in [0.29, 0.717) is 16.3 Å². The number of benzene rings is 1. The first-order valence-electron chi connectivity index (χ1n) is 5.80. The second kappa shape index (κ2) is 6.96. The van der Waals surface area contributed by atoms with Gasteiger partial charge < -0.3 is 10.5 Å². The highest BCUT2D eigenvalue weighted by molar-refractivity contribution is 7.99. The van der Waals surface area contributed by atoms with Crippen molar-refractivity contribution in [3.8, 4) is 0 Å². The van der Waals surface area contributed by atoms with Crippen LogP contribution in [-0.2, 0) is 19.6 Å². The lowest BCUT2D eigenvalue weighted by Gasteiger charge is -2.13. The van der Waals surface area contributed by atoms with Crippen LogP contribution in [0, 0.1) is 0 Å². The summed E-state index contributed by atoms with van der Waals surface area (Å²) in [6, 6.07) is 4.54. The van der Waals surface area contributed by atoms with Gasteiger partial charge in [-0.3, -0.25) is 4.79 Å². The van der Waals surface area contributed by atoms with E-state index in [1.54, 1.807) is 6.07 Å². The molecule has 0 unspecified atom stereocenters. The van der Waals surface area contributed by atoms with Crippen molar-refractivity contribution in [1.29, 1.82) is 0 Å². The van der Waals surface area contributed by atoms with E-state index in [2.05, 4.69) is 4.74 Å². The van der Waals surface area contributed by atoms with Gasteiger partial charge in [0.2, 0.25) is 10.0 Å². The minimum absolute atomic E-state index is 0.178. The zero-order valence-corrected chi connectivity index (χ0v) is 13.3. The molecule has 8 heteroatoms. The molecule has 0 spiro atoms. The Hall–Kier alpha value is -1.25. The molecule has 1 rings (SSSR count). The molecule has 1 aromatic carbocycles. The Morgan fingerprint density at radius 1 is 1.40 bits per heavy atom. The number of nitrogens with zero attached hydrogens (tertiary/aromatic N) is 1. The average Bonchev–Trinajstić information content (AvgIpc) is 2.40. The van der Waals surface area contributed by atoms with Gasteiger partial charge in [-0.15, -0.1) is 11.8 Å². The minimum Gasteiger partial charge on any atom is -0.469 e. The number of thioether (sulfide) groups is 1. The molecule has 0 amide bonds. The predicted molar refractivity (Wildman–Crippen MR) is 79.1 cm³/mol. The second-order valence-electron chi connectivity index (χ2n) is 4.16. The molecule has 0 aliphatic rings. The summed E-state index contributed by atoms with van der Waals surface area (Å²) in [5.74, 6) is 0.163. The van der Waals surface area contributed by atoms with Gasteiger partial charge in [0.1, 0.15) is 0 Å². The largest absolute Gasteiger partial charge is 0.469 e. The van der Waals surface area contributed by atoms with Gasteiger partial charge in [-0.05, 0) is 18.2 Å². The molecule has 0 saturated carbocycles. The molecule has 20 heavy (non-hydrogen) atoms. The van der Waals surface area contributed by atoms with Gasteiger partial charge in [0.15, 0.2) is 0 Å². The van der Waals surface area contributed by atoms with E-state index in [0.717, 1.165) is 4.31 Å². The molecule has 0 aromatic heterocycles. The number of anilines is 1. The number of sulfonamides is 1. The highest BCUT2D eigenvalue weighted by Gasteiger charge is 2.18. The fourth-order valence-electron chi connectivity index (χ4n) is 1.36. The lowest BCUT2D eigenvalue weighted by Crippen LogP contribution is -2.22. The monoisotopic (exact) mass is 318 g/mol. The number of nitrogens with two attached hydrogens (primary N) is 1.